The number of amides is 3. The molecule has 8 heteroatoms. The third kappa shape index (κ3) is 5.38. The number of hydrogen-bond acceptors (Lipinski definition) is 5. The highest BCUT2D eigenvalue weighted by Gasteiger charge is 2.10. The number of thiazole rings is 1. The van der Waals surface area contributed by atoms with Crippen LogP contribution in [-0.2, 0) is 17.8 Å². The summed E-state index contributed by atoms with van der Waals surface area (Å²) in [5.41, 5.74) is 2.08. The van der Waals surface area contributed by atoms with E-state index in [2.05, 4.69) is 25.9 Å². The first kappa shape index (κ1) is 17.6. The van der Waals surface area contributed by atoms with Gasteiger partial charge in [-0.3, -0.25) is 15.1 Å². The average Bonchev–Trinajstić information content (AvgIpc) is 3.08. The fourth-order valence-corrected chi connectivity index (χ4v) is 2.85. The van der Waals surface area contributed by atoms with Gasteiger partial charge in [-0.05, 0) is 24.3 Å². The third-order valence-electron chi connectivity index (χ3n) is 3.34. The van der Waals surface area contributed by atoms with Crippen molar-refractivity contribution in [3.05, 3.63) is 71.5 Å². The molecule has 0 saturated carbocycles. The summed E-state index contributed by atoms with van der Waals surface area (Å²) in [5.74, 6) is -0.152. The van der Waals surface area contributed by atoms with E-state index >= 15 is 0 Å². The Hall–Kier alpha value is -3.26. The number of anilines is 2. The standard InChI is InChI=1S/C18H17N5O2S/c24-16(20-11-14-8-4-5-9-19-14)10-15-12-26-18(22-15)23-17(25)21-13-6-2-1-3-7-13/h1-9,12H,10-11H2,(H,20,24)(H2,21,22,23,25). The number of benzene rings is 1. The van der Waals surface area contributed by atoms with Crippen LogP contribution in [0.3, 0.4) is 0 Å². The monoisotopic (exact) mass is 367 g/mol. The summed E-state index contributed by atoms with van der Waals surface area (Å²) in [7, 11) is 0. The molecule has 3 amide bonds. The molecule has 0 saturated heterocycles. The Labute approximate surface area is 154 Å². The largest absolute Gasteiger partial charge is 0.350 e. The lowest BCUT2D eigenvalue weighted by molar-refractivity contribution is -0.120. The van der Waals surface area contributed by atoms with Crippen molar-refractivity contribution in [3.63, 3.8) is 0 Å². The van der Waals surface area contributed by atoms with Gasteiger partial charge in [0.1, 0.15) is 0 Å². The van der Waals surface area contributed by atoms with Crippen LogP contribution in [0.15, 0.2) is 60.1 Å². The summed E-state index contributed by atoms with van der Waals surface area (Å²) in [6, 6.07) is 14.3. The first-order valence-corrected chi connectivity index (χ1v) is 8.81. The molecule has 3 aromatic rings. The van der Waals surface area contributed by atoms with Crippen LogP contribution in [0.2, 0.25) is 0 Å². The van der Waals surface area contributed by atoms with E-state index in [4.69, 9.17) is 0 Å². The molecule has 0 aliphatic heterocycles. The molecule has 2 aromatic heterocycles. The molecule has 0 unspecified atom stereocenters. The van der Waals surface area contributed by atoms with E-state index in [0.29, 0.717) is 23.1 Å². The molecule has 0 atom stereocenters. The van der Waals surface area contributed by atoms with E-state index in [0.717, 1.165) is 5.69 Å². The minimum absolute atomic E-state index is 0.144. The Bertz CT molecular complexity index is 868. The predicted octanol–water partition coefficient (Wildman–Crippen LogP) is 3.04. The summed E-state index contributed by atoms with van der Waals surface area (Å²) in [6.07, 6.45) is 1.83. The van der Waals surface area contributed by atoms with Crippen molar-refractivity contribution in [2.75, 3.05) is 10.6 Å². The van der Waals surface area contributed by atoms with Crippen LogP contribution in [0, 0.1) is 0 Å². The molecule has 3 N–H and O–H groups in total. The van der Waals surface area contributed by atoms with Crippen molar-refractivity contribution in [2.45, 2.75) is 13.0 Å². The Morgan fingerprint density at radius 1 is 0.962 bits per heavy atom. The Morgan fingerprint density at radius 3 is 2.54 bits per heavy atom. The van der Waals surface area contributed by atoms with Gasteiger partial charge >= 0.3 is 6.03 Å². The average molecular weight is 367 g/mol. The first-order valence-electron chi connectivity index (χ1n) is 7.93. The van der Waals surface area contributed by atoms with Gasteiger partial charge in [-0.25, -0.2) is 9.78 Å². The zero-order chi connectivity index (χ0) is 18.2. The van der Waals surface area contributed by atoms with Crippen LogP contribution < -0.4 is 16.0 Å². The van der Waals surface area contributed by atoms with E-state index < -0.39 is 0 Å². The van der Waals surface area contributed by atoms with Gasteiger partial charge in [-0.1, -0.05) is 24.3 Å². The van der Waals surface area contributed by atoms with Crippen molar-refractivity contribution in [2.24, 2.45) is 0 Å². The maximum absolute atomic E-state index is 12.0. The first-order chi connectivity index (χ1) is 12.7. The molecule has 0 spiro atoms. The number of nitrogens with zero attached hydrogens (tertiary/aromatic N) is 2. The van der Waals surface area contributed by atoms with Crippen molar-refractivity contribution in [1.29, 1.82) is 0 Å². The summed E-state index contributed by atoms with van der Waals surface area (Å²) in [5, 5.41) is 10.3. The number of hydrogen-bond donors (Lipinski definition) is 3. The normalized spacial score (nSPS) is 10.2. The van der Waals surface area contributed by atoms with E-state index in [-0.39, 0.29) is 18.4 Å². The fraction of sp³-hybridized carbons (Fsp3) is 0.111. The molecule has 26 heavy (non-hydrogen) atoms. The number of para-hydroxylation sites is 1. The molecule has 3 rings (SSSR count). The summed E-state index contributed by atoms with van der Waals surface area (Å²) in [4.78, 5) is 32.3. The van der Waals surface area contributed by atoms with E-state index in [9.17, 15) is 9.59 Å². The van der Waals surface area contributed by atoms with E-state index in [1.165, 1.54) is 11.3 Å². The Kier molecular flexibility index (Phi) is 5.89. The quantitative estimate of drug-likeness (QED) is 0.624. The number of carbonyl (C=O) groups is 2. The summed E-state index contributed by atoms with van der Waals surface area (Å²) in [6.45, 7) is 0.369. The third-order valence-corrected chi connectivity index (χ3v) is 4.14. The zero-order valence-electron chi connectivity index (χ0n) is 13.8. The van der Waals surface area contributed by atoms with Crippen molar-refractivity contribution in [1.82, 2.24) is 15.3 Å². The van der Waals surface area contributed by atoms with Gasteiger partial charge in [-0.15, -0.1) is 11.3 Å². The molecular weight excluding hydrogens is 350 g/mol. The van der Waals surface area contributed by atoms with Gasteiger partial charge in [0.15, 0.2) is 5.13 Å². The van der Waals surface area contributed by atoms with Crippen molar-refractivity contribution >= 4 is 34.1 Å². The molecule has 0 fully saturated rings. The minimum Gasteiger partial charge on any atom is -0.350 e. The van der Waals surface area contributed by atoms with Gasteiger partial charge in [0.05, 0.1) is 24.4 Å². The van der Waals surface area contributed by atoms with Crippen LogP contribution >= 0.6 is 11.3 Å². The minimum atomic E-state index is -0.378. The molecule has 0 bridgehead atoms. The zero-order valence-corrected chi connectivity index (χ0v) is 14.6. The number of aromatic nitrogens is 2. The van der Waals surface area contributed by atoms with Crippen LogP contribution in [0.4, 0.5) is 15.6 Å². The predicted molar refractivity (Wildman–Crippen MR) is 101 cm³/mol. The van der Waals surface area contributed by atoms with Gasteiger partial charge < -0.3 is 10.6 Å². The fourth-order valence-electron chi connectivity index (χ4n) is 2.15. The Morgan fingerprint density at radius 2 is 1.77 bits per heavy atom. The summed E-state index contributed by atoms with van der Waals surface area (Å²) < 4.78 is 0. The molecule has 0 aliphatic carbocycles. The van der Waals surface area contributed by atoms with Crippen LogP contribution in [0.25, 0.3) is 0 Å². The number of pyridine rings is 1. The molecular formula is C18H17N5O2S. The topological polar surface area (TPSA) is 96.0 Å². The van der Waals surface area contributed by atoms with Crippen LogP contribution in [0.1, 0.15) is 11.4 Å². The summed E-state index contributed by atoms with van der Waals surface area (Å²) >= 11 is 1.27. The molecule has 0 aliphatic rings. The highest BCUT2D eigenvalue weighted by Crippen LogP contribution is 2.16. The van der Waals surface area contributed by atoms with Crippen molar-refractivity contribution < 1.29 is 9.59 Å². The molecule has 0 radical (unpaired) electrons. The second-order valence-electron chi connectivity index (χ2n) is 5.36. The lowest BCUT2D eigenvalue weighted by Gasteiger charge is -2.05. The molecule has 1 aromatic carbocycles. The van der Waals surface area contributed by atoms with E-state index in [1.807, 2.05) is 36.4 Å². The maximum Gasteiger partial charge on any atom is 0.325 e. The lowest BCUT2D eigenvalue weighted by Crippen LogP contribution is -2.25. The number of carbonyl (C=O) groups excluding carboxylic acids is 2. The molecule has 2 heterocycles. The number of urea groups is 1. The van der Waals surface area contributed by atoms with Crippen LogP contribution in [0.5, 0.6) is 0 Å². The Balaban J connectivity index is 1.46. The number of rotatable bonds is 6. The van der Waals surface area contributed by atoms with Gasteiger partial charge in [0, 0.05) is 17.3 Å². The SMILES string of the molecule is O=C(Cc1csc(NC(=O)Nc2ccccc2)n1)NCc1ccccn1. The van der Waals surface area contributed by atoms with E-state index in [1.54, 1.807) is 23.7 Å². The second kappa shape index (κ2) is 8.72. The van der Waals surface area contributed by atoms with Crippen molar-refractivity contribution in [3.8, 4) is 0 Å². The highest BCUT2D eigenvalue weighted by molar-refractivity contribution is 7.14. The van der Waals surface area contributed by atoms with Gasteiger partial charge in [0.25, 0.3) is 0 Å². The molecule has 7 nitrogen and oxygen atoms in total. The highest BCUT2D eigenvalue weighted by atomic mass is 32.1. The second-order valence-corrected chi connectivity index (χ2v) is 6.22. The van der Waals surface area contributed by atoms with Crippen LogP contribution in [-0.4, -0.2) is 21.9 Å². The van der Waals surface area contributed by atoms with Gasteiger partial charge in [-0.2, -0.15) is 0 Å². The lowest BCUT2D eigenvalue weighted by atomic mass is 10.3. The molecule has 132 valence electrons. The smallest absolute Gasteiger partial charge is 0.325 e. The maximum atomic E-state index is 12.0. The number of nitrogens with one attached hydrogen (secondary N) is 3. The van der Waals surface area contributed by atoms with Gasteiger partial charge in [0.2, 0.25) is 5.91 Å².